The molecule has 7 nitrogen and oxygen atoms in total. The average Bonchev–Trinajstić information content (AvgIpc) is 3.15. The van der Waals surface area contributed by atoms with Crippen molar-refractivity contribution >= 4 is 40.6 Å². The van der Waals surface area contributed by atoms with Crippen molar-refractivity contribution in [3.8, 4) is 17.1 Å². The number of methoxy groups -OCH3 is 1. The van der Waals surface area contributed by atoms with Crippen molar-refractivity contribution in [3.63, 3.8) is 0 Å². The highest BCUT2D eigenvalue weighted by atomic mass is 35.5. The first-order valence-corrected chi connectivity index (χ1v) is 11.8. The summed E-state index contributed by atoms with van der Waals surface area (Å²) in [5.41, 5.74) is 2.76. The molecule has 32 heavy (non-hydrogen) atoms. The fourth-order valence-corrected chi connectivity index (χ4v) is 4.35. The Balaban J connectivity index is 1.58. The molecular formula is C23H28ClN5O2S. The molecule has 170 valence electrons. The van der Waals surface area contributed by atoms with E-state index >= 15 is 0 Å². The number of thioether (sulfide) groups is 1. The van der Waals surface area contributed by atoms with E-state index < -0.39 is 0 Å². The number of carbonyl (C=O) groups is 1. The van der Waals surface area contributed by atoms with Gasteiger partial charge in [0.25, 0.3) is 0 Å². The molecule has 1 heterocycles. The molecule has 0 aliphatic rings. The summed E-state index contributed by atoms with van der Waals surface area (Å²) in [6.45, 7) is 6.24. The molecule has 0 radical (unpaired) electrons. The summed E-state index contributed by atoms with van der Waals surface area (Å²) in [5, 5.41) is 12.8. The maximum Gasteiger partial charge on any atom is 0.225 e. The predicted molar refractivity (Wildman–Crippen MR) is 132 cm³/mol. The van der Waals surface area contributed by atoms with Gasteiger partial charge in [0.15, 0.2) is 11.0 Å². The minimum absolute atomic E-state index is 0.118. The topological polar surface area (TPSA) is 72.3 Å². The smallest absolute Gasteiger partial charge is 0.225 e. The lowest BCUT2D eigenvalue weighted by Gasteiger charge is -2.21. The number of aromatic nitrogens is 3. The molecule has 3 aromatic rings. The number of rotatable bonds is 10. The molecule has 1 amide bonds. The van der Waals surface area contributed by atoms with Gasteiger partial charge in [0.05, 0.1) is 12.8 Å². The monoisotopic (exact) mass is 473 g/mol. The summed E-state index contributed by atoms with van der Waals surface area (Å²) in [5.74, 6) is 1.82. The van der Waals surface area contributed by atoms with Crippen molar-refractivity contribution in [2.45, 2.75) is 25.4 Å². The van der Waals surface area contributed by atoms with Gasteiger partial charge >= 0.3 is 0 Å². The average molecular weight is 474 g/mol. The normalized spacial score (nSPS) is 10.8. The summed E-state index contributed by atoms with van der Waals surface area (Å²) in [4.78, 5) is 14.7. The van der Waals surface area contributed by atoms with E-state index in [9.17, 15) is 4.79 Å². The zero-order valence-corrected chi connectivity index (χ0v) is 20.3. The Morgan fingerprint density at radius 1 is 1.16 bits per heavy atom. The number of carbonyl (C=O) groups excluding carboxylic acids is 1. The van der Waals surface area contributed by atoms with Gasteiger partial charge in [-0.05, 0) is 56.3 Å². The van der Waals surface area contributed by atoms with Crippen LogP contribution in [0.1, 0.15) is 20.3 Å². The molecular weight excluding hydrogens is 446 g/mol. The molecule has 0 unspecified atom stereocenters. The Hall–Kier alpha value is -2.71. The summed E-state index contributed by atoms with van der Waals surface area (Å²) in [6, 6.07) is 13.5. The van der Waals surface area contributed by atoms with Crippen LogP contribution in [-0.2, 0) is 11.8 Å². The first kappa shape index (κ1) is 23.9. The van der Waals surface area contributed by atoms with E-state index in [1.807, 2.05) is 11.6 Å². The van der Waals surface area contributed by atoms with Crippen LogP contribution < -0.4 is 15.0 Å². The van der Waals surface area contributed by atoms with Crippen molar-refractivity contribution in [1.82, 2.24) is 14.8 Å². The molecule has 1 aromatic heterocycles. The van der Waals surface area contributed by atoms with Gasteiger partial charge in [-0.3, -0.25) is 4.79 Å². The molecule has 0 bridgehead atoms. The van der Waals surface area contributed by atoms with E-state index in [-0.39, 0.29) is 5.91 Å². The van der Waals surface area contributed by atoms with Crippen LogP contribution in [0.3, 0.4) is 0 Å². The van der Waals surface area contributed by atoms with E-state index in [1.54, 1.807) is 25.3 Å². The van der Waals surface area contributed by atoms with E-state index in [0.29, 0.717) is 28.6 Å². The maximum atomic E-state index is 12.4. The Labute approximate surface area is 198 Å². The van der Waals surface area contributed by atoms with E-state index in [1.165, 1.54) is 17.4 Å². The number of nitrogens with zero attached hydrogens (tertiary/aromatic N) is 4. The number of hydrogen-bond donors (Lipinski definition) is 1. The van der Waals surface area contributed by atoms with Crippen LogP contribution in [0.5, 0.6) is 5.75 Å². The highest BCUT2D eigenvalue weighted by molar-refractivity contribution is 7.99. The lowest BCUT2D eigenvalue weighted by Crippen LogP contribution is -2.21. The van der Waals surface area contributed by atoms with Gasteiger partial charge in [0.1, 0.15) is 5.75 Å². The second-order valence-electron chi connectivity index (χ2n) is 7.08. The maximum absolute atomic E-state index is 12.4. The summed E-state index contributed by atoms with van der Waals surface area (Å²) >= 11 is 7.51. The van der Waals surface area contributed by atoms with Gasteiger partial charge < -0.3 is 19.5 Å². The summed E-state index contributed by atoms with van der Waals surface area (Å²) in [6.07, 6.45) is 0.321. The van der Waals surface area contributed by atoms with Gasteiger partial charge in [-0.15, -0.1) is 10.2 Å². The number of anilines is 2. The van der Waals surface area contributed by atoms with Crippen LogP contribution in [0.2, 0.25) is 5.02 Å². The van der Waals surface area contributed by atoms with Crippen LogP contribution in [-0.4, -0.2) is 46.6 Å². The molecule has 1 N–H and O–H groups in total. The van der Waals surface area contributed by atoms with Crippen LogP contribution in [0.15, 0.2) is 47.6 Å². The summed E-state index contributed by atoms with van der Waals surface area (Å²) < 4.78 is 7.22. The third kappa shape index (κ3) is 5.75. The Morgan fingerprint density at radius 3 is 2.53 bits per heavy atom. The molecule has 9 heteroatoms. The first-order valence-electron chi connectivity index (χ1n) is 10.5. The van der Waals surface area contributed by atoms with Crippen LogP contribution in [0, 0.1) is 0 Å². The van der Waals surface area contributed by atoms with E-state index in [2.05, 4.69) is 58.5 Å². The Morgan fingerprint density at radius 2 is 1.88 bits per heavy atom. The predicted octanol–water partition coefficient (Wildman–Crippen LogP) is 5.11. The standard InChI is InChI=1S/C23H28ClN5O2S/c1-5-29(6-2)18-10-7-16(8-11-18)22-26-27-23(28(22)3)32-14-13-21(30)25-19-15-17(24)9-12-20(19)31-4/h7-12,15H,5-6,13-14H2,1-4H3,(H,25,30). The van der Waals surface area contributed by atoms with Crippen molar-refractivity contribution in [2.24, 2.45) is 7.05 Å². The summed E-state index contributed by atoms with van der Waals surface area (Å²) in [7, 11) is 3.49. The van der Waals surface area contributed by atoms with Crippen LogP contribution in [0.25, 0.3) is 11.4 Å². The van der Waals surface area contributed by atoms with Crippen molar-refractivity contribution in [1.29, 1.82) is 0 Å². The molecule has 2 aromatic carbocycles. The molecule has 0 saturated carbocycles. The van der Waals surface area contributed by atoms with E-state index in [4.69, 9.17) is 16.3 Å². The van der Waals surface area contributed by atoms with Gasteiger partial charge in [0, 0.05) is 48.6 Å². The highest BCUT2D eigenvalue weighted by Crippen LogP contribution is 2.28. The molecule has 0 atom stereocenters. The second kappa shape index (κ2) is 11.2. The van der Waals surface area contributed by atoms with E-state index in [0.717, 1.165) is 29.6 Å². The molecule has 0 aliphatic heterocycles. The van der Waals surface area contributed by atoms with Gasteiger partial charge in [-0.2, -0.15) is 0 Å². The van der Waals surface area contributed by atoms with Crippen molar-refractivity contribution in [3.05, 3.63) is 47.5 Å². The number of ether oxygens (including phenoxy) is 1. The number of amides is 1. The van der Waals surface area contributed by atoms with Crippen molar-refractivity contribution < 1.29 is 9.53 Å². The van der Waals surface area contributed by atoms with Crippen LogP contribution in [0.4, 0.5) is 11.4 Å². The Bertz CT molecular complexity index is 1050. The number of halogens is 1. The van der Waals surface area contributed by atoms with Crippen molar-refractivity contribution in [2.75, 3.05) is 36.2 Å². The van der Waals surface area contributed by atoms with Gasteiger partial charge in [-0.1, -0.05) is 23.4 Å². The zero-order valence-electron chi connectivity index (χ0n) is 18.8. The second-order valence-corrected chi connectivity index (χ2v) is 8.57. The third-order valence-corrected chi connectivity index (χ3v) is 6.34. The molecule has 0 aliphatic carbocycles. The molecule has 3 rings (SSSR count). The third-order valence-electron chi connectivity index (χ3n) is 5.08. The minimum atomic E-state index is -0.118. The molecule has 0 spiro atoms. The fraction of sp³-hybridized carbons (Fsp3) is 0.348. The van der Waals surface area contributed by atoms with Gasteiger partial charge in [-0.25, -0.2) is 0 Å². The van der Waals surface area contributed by atoms with Crippen LogP contribution >= 0.6 is 23.4 Å². The number of hydrogen-bond acceptors (Lipinski definition) is 6. The lowest BCUT2D eigenvalue weighted by atomic mass is 10.2. The SMILES string of the molecule is CCN(CC)c1ccc(-c2nnc(SCCC(=O)Nc3cc(Cl)ccc3OC)n2C)cc1. The quantitative estimate of drug-likeness (QED) is 0.412. The molecule has 0 fully saturated rings. The molecule has 0 saturated heterocycles. The zero-order chi connectivity index (χ0) is 23.1. The fourth-order valence-electron chi connectivity index (χ4n) is 3.33. The highest BCUT2D eigenvalue weighted by Gasteiger charge is 2.13. The van der Waals surface area contributed by atoms with Gasteiger partial charge in [0.2, 0.25) is 5.91 Å². The number of benzene rings is 2. The minimum Gasteiger partial charge on any atom is -0.495 e. The first-order chi connectivity index (χ1) is 15.5. The Kier molecular flexibility index (Phi) is 8.41. The number of nitrogens with one attached hydrogen (secondary N) is 1. The lowest BCUT2D eigenvalue weighted by molar-refractivity contribution is -0.115. The largest absolute Gasteiger partial charge is 0.495 e.